The van der Waals surface area contributed by atoms with E-state index >= 15 is 0 Å². The van der Waals surface area contributed by atoms with Crippen molar-refractivity contribution in [3.63, 3.8) is 0 Å². The molecule has 2 rings (SSSR count). The maximum atomic E-state index is 12.2. The van der Waals surface area contributed by atoms with E-state index in [9.17, 15) is 4.79 Å². The van der Waals surface area contributed by atoms with Gasteiger partial charge in [-0.05, 0) is 56.1 Å². The van der Waals surface area contributed by atoms with E-state index < -0.39 is 0 Å². The summed E-state index contributed by atoms with van der Waals surface area (Å²) in [5.41, 5.74) is 2.94. The zero-order valence-electron chi connectivity index (χ0n) is 15.3. The first-order valence-electron chi connectivity index (χ1n) is 8.91. The fourth-order valence-electron chi connectivity index (χ4n) is 2.44. The van der Waals surface area contributed by atoms with Crippen LogP contribution in [-0.2, 0) is 11.4 Å². The van der Waals surface area contributed by atoms with Crippen LogP contribution in [0.3, 0.4) is 0 Å². The summed E-state index contributed by atoms with van der Waals surface area (Å²) in [6, 6.07) is 15.6. The second kappa shape index (κ2) is 9.84. The van der Waals surface area contributed by atoms with Crippen molar-refractivity contribution in [1.29, 1.82) is 0 Å². The van der Waals surface area contributed by atoms with Gasteiger partial charge in [-0.1, -0.05) is 43.7 Å². The molecule has 0 aliphatic rings. The second-order valence-corrected chi connectivity index (χ2v) is 6.27. The Morgan fingerprint density at radius 1 is 1.16 bits per heavy atom. The smallest absolute Gasteiger partial charge is 0.241 e. The summed E-state index contributed by atoms with van der Waals surface area (Å²) in [6.07, 6.45) is 2.19. The number of amides is 1. The number of benzene rings is 2. The number of aryl methyl sites for hydroxylation is 1. The lowest BCUT2D eigenvalue weighted by atomic mass is 10.1. The van der Waals surface area contributed by atoms with Crippen LogP contribution in [0.1, 0.15) is 37.8 Å². The predicted octanol–water partition coefficient (Wildman–Crippen LogP) is 4.29. The van der Waals surface area contributed by atoms with Crippen molar-refractivity contribution >= 4 is 11.6 Å². The first kappa shape index (κ1) is 19.0. The minimum Gasteiger partial charge on any atom is -0.489 e. The van der Waals surface area contributed by atoms with Gasteiger partial charge in [-0.15, -0.1) is 0 Å². The Morgan fingerprint density at radius 3 is 2.60 bits per heavy atom. The number of unbranched alkanes of at least 4 members (excludes halogenated alkanes) is 1. The Labute approximate surface area is 150 Å². The standard InChI is InChI=1S/C21H28N2O2/c1-4-5-13-22-17(3)21(24)23-20-12-11-19(14-16(20)2)25-15-18-9-7-6-8-10-18/h6-12,14,17,22H,4-5,13,15H2,1-3H3,(H,23,24). The van der Waals surface area contributed by atoms with Crippen molar-refractivity contribution < 1.29 is 9.53 Å². The SMILES string of the molecule is CCCCNC(C)C(=O)Nc1ccc(OCc2ccccc2)cc1C. The van der Waals surface area contributed by atoms with Crippen LogP contribution < -0.4 is 15.4 Å². The molecule has 0 spiro atoms. The molecule has 0 radical (unpaired) electrons. The van der Waals surface area contributed by atoms with Crippen LogP contribution in [0.15, 0.2) is 48.5 Å². The molecule has 0 aromatic heterocycles. The highest BCUT2D eigenvalue weighted by atomic mass is 16.5. The molecule has 0 saturated carbocycles. The lowest BCUT2D eigenvalue weighted by Crippen LogP contribution is -2.38. The summed E-state index contributed by atoms with van der Waals surface area (Å²) in [5.74, 6) is 0.783. The van der Waals surface area contributed by atoms with E-state index in [1.54, 1.807) is 0 Å². The van der Waals surface area contributed by atoms with Gasteiger partial charge in [-0.2, -0.15) is 0 Å². The van der Waals surface area contributed by atoms with Crippen molar-refractivity contribution in [2.45, 2.75) is 46.3 Å². The molecule has 0 fully saturated rings. The largest absolute Gasteiger partial charge is 0.489 e. The molecule has 134 valence electrons. The molecule has 1 amide bonds. The van der Waals surface area contributed by atoms with Crippen LogP contribution in [0.2, 0.25) is 0 Å². The van der Waals surface area contributed by atoms with Gasteiger partial charge < -0.3 is 15.4 Å². The first-order valence-corrected chi connectivity index (χ1v) is 8.91. The fourth-order valence-corrected chi connectivity index (χ4v) is 2.44. The molecule has 2 aromatic rings. The van der Waals surface area contributed by atoms with Crippen LogP contribution in [-0.4, -0.2) is 18.5 Å². The van der Waals surface area contributed by atoms with Gasteiger partial charge in [0.25, 0.3) is 0 Å². The molecule has 0 heterocycles. The van der Waals surface area contributed by atoms with E-state index in [0.717, 1.165) is 42.0 Å². The fraction of sp³-hybridized carbons (Fsp3) is 0.381. The Hall–Kier alpha value is -2.33. The quantitative estimate of drug-likeness (QED) is 0.670. The summed E-state index contributed by atoms with van der Waals surface area (Å²) < 4.78 is 5.82. The van der Waals surface area contributed by atoms with Gasteiger partial charge in [0, 0.05) is 5.69 Å². The number of nitrogens with one attached hydrogen (secondary N) is 2. The average molecular weight is 340 g/mol. The highest BCUT2D eigenvalue weighted by molar-refractivity contribution is 5.95. The number of anilines is 1. The highest BCUT2D eigenvalue weighted by Gasteiger charge is 2.13. The summed E-state index contributed by atoms with van der Waals surface area (Å²) >= 11 is 0. The van der Waals surface area contributed by atoms with Crippen molar-refractivity contribution in [3.8, 4) is 5.75 Å². The van der Waals surface area contributed by atoms with Crippen molar-refractivity contribution in [1.82, 2.24) is 5.32 Å². The third kappa shape index (κ3) is 6.24. The molecule has 2 aromatic carbocycles. The van der Waals surface area contributed by atoms with Gasteiger partial charge in [0.2, 0.25) is 5.91 Å². The molecule has 0 aliphatic carbocycles. The molecule has 0 aliphatic heterocycles. The Balaban J connectivity index is 1.89. The lowest BCUT2D eigenvalue weighted by Gasteiger charge is -2.16. The van der Waals surface area contributed by atoms with E-state index in [2.05, 4.69) is 17.6 Å². The third-order valence-electron chi connectivity index (χ3n) is 4.08. The van der Waals surface area contributed by atoms with E-state index in [-0.39, 0.29) is 11.9 Å². The van der Waals surface area contributed by atoms with Crippen LogP contribution in [0.25, 0.3) is 0 Å². The van der Waals surface area contributed by atoms with Gasteiger partial charge >= 0.3 is 0 Å². The third-order valence-corrected chi connectivity index (χ3v) is 4.08. The van der Waals surface area contributed by atoms with Crippen molar-refractivity contribution in [2.75, 3.05) is 11.9 Å². The lowest BCUT2D eigenvalue weighted by molar-refractivity contribution is -0.117. The monoisotopic (exact) mass is 340 g/mol. The van der Waals surface area contributed by atoms with Gasteiger partial charge in [0.15, 0.2) is 0 Å². The zero-order valence-corrected chi connectivity index (χ0v) is 15.3. The first-order chi connectivity index (χ1) is 12.1. The molecule has 4 nitrogen and oxygen atoms in total. The normalized spacial score (nSPS) is 11.8. The average Bonchev–Trinajstić information content (AvgIpc) is 2.63. The predicted molar refractivity (Wildman–Crippen MR) is 103 cm³/mol. The molecule has 0 bridgehead atoms. The maximum Gasteiger partial charge on any atom is 0.241 e. The van der Waals surface area contributed by atoms with Crippen LogP contribution in [0, 0.1) is 6.92 Å². The zero-order chi connectivity index (χ0) is 18.1. The van der Waals surface area contributed by atoms with E-state index in [0.29, 0.717) is 6.61 Å². The summed E-state index contributed by atoms with van der Waals surface area (Å²) in [7, 11) is 0. The minimum atomic E-state index is -0.208. The van der Waals surface area contributed by atoms with Gasteiger partial charge in [-0.3, -0.25) is 4.79 Å². The molecule has 1 atom stereocenters. The molecular weight excluding hydrogens is 312 g/mol. The topological polar surface area (TPSA) is 50.4 Å². The van der Waals surface area contributed by atoms with Crippen LogP contribution >= 0.6 is 0 Å². The van der Waals surface area contributed by atoms with Gasteiger partial charge in [0.1, 0.15) is 12.4 Å². The van der Waals surface area contributed by atoms with Crippen LogP contribution in [0.4, 0.5) is 5.69 Å². The second-order valence-electron chi connectivity index (χ2n) is 6.27. The number of carbonyl (C=O) groups is 1. The van der Waals surface area contributed by atoms with Crippen molar-refractivity contribution in [2.24, 2.45) is 0 Å². The number of ether oxygens (including phenoxy) is 1. The molecule has 0 saturated heterocycles. The van der Waals surface area contributed by atoms with Crippen LogP contribution in [0.5, 0.6) is 5.75 Å². The minimum absolute atomic E-state index is 0.0165. The summed E-state index contributed by atoms with van der Waals surface area (Å²) in [4.78, 5) is 12.2. The highest BCUT2D eigenvalue weighted by Crippen LogP contribution is 2.22. The van der Waals surface area contributed by atoms with Crippen molar-refractivity contribution in [3.05, 3.63) is 59.7 Å². The molecule has 25 heavy (non-hydrogen) atoms. The Bertz CT molecular complexity index is 671. The number of hydrogen-bond acceptors (Lipinski definition) is 3. The van der Waals surface area contributed by atoms with E-state index in [4.69, 9.17) is 4.74 Å². The Kier molecular flexibility index (Phi) is 7.48. The molecule has 1 unspecified atom stereocenters. The summed E-state index contributed by atoms with van der Waals surface area (Å²) in [5, 5.41) is 6.22. The van der Waals surface area contributed by atoms with E-state index in [1.807, 2.05) is 62.4 Å². The van der Waals surface area contributed by atoms with Gasteiger partial charge in [-0.25, -0.2) is 0 Å². The summed E-state index contributed by atoms with van der Waals surface area (Å²) in [6.45, 7) is 7.38. The number of hydrogen-bond donors (Lipinski definition) is 2. The van der Waals surface area contributed by atoms with E-state index in [1.165, 1.54) is 0 Å². The Morgan fingerprint density at radius 2 is 1.92 bits per heavy atom. The molecular formula is C21H28N2O2. The number of rotatable bonds is 9. The van der Waals surface area contributed by atoms with Gasteiger partial charge in [0.05, 0.1) is 6.04 Å². The maximum absolute atomic E-state index is 12.2. The number of carbonyl (C=O) groups excluding carboxylic acids is 1. The molecule has 2 N–H and O–H groups in total. The molecule has 4 heteroatoms.